The van der Waals surface area contributed by atoms with Gasteiger partial charge in [0.25, 0.3) is 5.56 Å². The Morgan fingerprint density at radius 1 is 1.19 bits per heavy atom. The molecule has 1 aromatic carbocycles. The molecular formula is C23H30F2N2O4S. The number of ether oxygens (including phenoxy) is 1. The van der Waals surface area contributed by atoms with Crippen LogP contribution in [0.5, 0.6) is 0 Å². The van der Waals surface area contributed by atoms with E-state index in [1.54, 1.807) is 31.3 Å². The lowest BCUT2D eigenvalue weighted by atomic mass is 9.83. The van der Waals surface area contributed by atoms with Crippen LogP contribution in [0.3, 0.4) is 0 Å². The number of benzene rings is 1. The highest BCUT2D eigenvalue weighted by atomic mass is 32.2. The number of aromatic nitrogens is 1. The average molecular weight is 469 g/mol. The van der Waals surface area contributed by atoms with Crippen LogP contribution in [-0.2, 0) is 14.8 Å². The number of aryl methyl sites for hydroxylation is 2. The van der Waals surface area contributed by atoms with Crippen molar-refractivity contribution in [2.45, 2.75) is 57.6 Å². The van der Waals surface area contributed by atoms with Gasteiger partial charge in [-0.25, -0.2) is 21.9 Å². The van der Waals surface area contributed by atoms with Crippen LogP contribution in [0.25, 0.3) is 0 Å². The Morgan fingerprint density at radius 2 is 1.91 bits per heavy atom. The maximum atomic E-state index is 13.5. The van der Waals surface area contributed by atoms with Crippen molar-refractivity contribution in [1.82, 2.24) is 9.29 Å². The number of rotatable bonds is 9. The predicted molar refractivity (Wildman–Crippen MR) is 119 cm³/mol. The minimum Gasteiger partial charge on any atom is -0.376 e. The third-order valence-electron chi connectivity index (χ3n) is 5.95. The van der Waals surface area contributed by atoms with Gasteiger partial charge in [0.2, 0.25) is 16.0 Å². The Morgan fingerprint density at radius 3 is 2.56 bits per heavy atom. The van der Waals surface area contributed by atoms with Gasteiger partial charge in [-0.3, -0.25) is 4.79 Å². The van der Waals surface area contributed by atoms with Gasteiger partial charge in [-0.1, -0.05) is 12.1 Å². The number of halogens is 2. The van der Waals surface area contributed by atoms with Crippen LogP contribution in [0, 0.1) is 19.7 Å². The number of alkyl halides is 1. The fraction of sp³-hybridized carbons (Fsp3) is 0.522. The minimum atomic E-state index is -4.06. The molecule has 0 aliphatic heterocycles. The van der Waals surface area contributed by atoms with Crippen LogP contribution in [0.2, 0.25) is 0 Å². The first-order chi connectivity index (χ1) is 15.2. The lowest BCUT2D eigenvalue weighted by molar-refractivity contribution is 0.00730. The molecule has 32 heavy (non-hydrogen) atoms. The Kier molecular flexibility index (Phi) is 8.19. The smallest absolute Gasteiger partial charge is 0.253 e. The van der Waals surface area contributed by atoms with Crippen molar-refractivity contribution >= 4 is 10.0 Å². The Labute approximate surface area is 187 Å². The monoisotopic (exact) mass is 468 g/mol. The molecule has 6 nitrogen and oxygen atoms in total. The SMILES string of the molecule is Cc1cc(C)c(=O)n([C@H](CNS(=O)(=O)CF)CO[C@H]2CC[C@@H](c3cccc(F)c3)CC2)c1. The van der Waals surface area contributed by atoms with E-state index in [1.807, 2.05) is 13.0 Å². The Bertz CT molecular complexity index is 1080. The van der Waals surface area contributed by atoms with E-state index in [0.717, 1.165) is 36.8 Å². The summed E-state index contributed by atoms with van der Waals surface area (Å²) in [7, 11) is -4.06. The molecule has 1 saturated carbocycles. The molecule has 9 heteroatoms. The van der Waals surface area contributed by atoms with E-state index in [2.05, 4.69) is 4.72 Å². The third kappa shape index (κ3) is 6.46. The van der Waals surface area contributed by atoms with Crippen LogP contribution in [0.15, 0.2) is 41.3 Å². The van der Waals surface area contributed by atoms with E-state index in [0.29, 0.717) is 5.56 Å². The first-order valence-corrected chi connectivity index (χ1v) is 12.4. The van der Waals surface area contributed by atoms with Crippen molar-refractivity contribution in [3.63, 3.8) is 0 Å². The number of hydrogen-bond acceptors (Lipinski definition) is 4. The van der Waals surface area contributed by atoms with Gasteiger partial charge in [0.15, 0.2) is 0 Å². The summed E-state index contributed by atoms with van der Waals surface area (Å²) >= 11 is 0. The van der Waals surface area contributed by atoms with Gasteiger partial charge in [-0.15, -0.1) is 0 Å². The van der Waals surface area contributed by atoms with E-state index < -0.39 is 22.1 Å². The molecule has 1 aliphatic carbocycles. The van der Waals surface area contributed by atoms with E-state index >= 15 is 0 Å². The molecule has 1 fully saturated rings. The zero-order chi connectivity index (χ0) is 23.3. The van der Waals surface area contributed by atoms with Gasteiger partial charge in [-0.2, -0.15) is 0 Å². The summed E-state index contributed by atoms with van der Waals surface area (Å²) in [5, 5.41) is 0. The molecule has 1 aliphatic rings. The minimum absolute atomic E-state index is 0.0401. The van der Waals surface area contributed by atoms with Crippen LogP contribution >= 0.6 is 0 Å². The van der Waals surface area contributed by atoms with Gasteiger partial charge >= 0.3 is 0 Å². The predicted octanol–water partition coefficient (Wildman–Crippen LogP) is 3.73. The largest absolute Gasteiger partial charge is 0.376 e. The molecule has 0 bridgehead atoms. The molecule has 0 saturated heterocycles. The van der Waals surface area contributed by atoms with Crippen LogP contribution < -0.4 is 10.3 Å². The molecule has 1 heterocycles. The second-order valence-electron chi connectivity index (χ2n) is 8.50. The van der Waals surface area contributed by atoms with Gasteiger partial charge in [0.1, 0.15) is 5.82 Å². The molecule has 0 unspecified atom stereocenters. The zero-order valence-corrected chi connectivity index (χ0v) is 19.2. The maximum absolute atomic E-state index is 13.5. The fourth-order valence-electron chi connectivity index (χ4n) is 4.26. The van der Waals surface area contributed by atoms with Crippen LogP contribution in [0.4, 0.5) is 8.78 Å². The van der Waals surface area contributed by atoms with Crippen molar-refractivity contribution in [1.29, 1.82) is 0 Å². The topological polar surface area (TPSA) is 77.4 Å². The lowest BCUT2D eigenvalue weighted by Gasteiger charge is -2.30. The molecule has 2 aromatic rings. The van der Waals surface area contributed by atoms with E-state index in [-0.39, 0.29) is 36.5 Å². The van der Waals surface area contributed by atoms with Gasteiger partial charge in [-0.05, 0) is 74.8 Å². The number of nitrogens with one attached hydrogen (secondary N) is 1. The second kappa shape index (κ2) is 10.7. The highest BCUT2D eigenvalue weighted by Crippen LogP contribution is 2.34. The van der Waals surface area contributed by atoms with Crippen molar-refractivity contribution in [3.05, 3.63) is 69.4 Å². The molecule has 1 N–H and O–H groups in total. The summed E-state index contributed by atoms with van der Waals surface area (Å²) in [5.41, 5.74) is 2.15. The highest BCUT2D eigenvalue weighted by Gasteiger charge is 2.25. The van der Waals surface area contributed by atoms with E-state index in [4.69, 9.17) is 4.74 Å². The average Bonchev–Trinajstić information content (AvgIpc) is 2.77. The second-order valence-corrected chi connectivity index (χ2v) is 10.2. The first-order valence-electron chi connectivity index (χ1n) is 10.8. The molecule has 0 amide bonds. The van der Waals surface area contributed by atoms with Crippen molar-refractivity contribution < 1.29 is 21.9 Å². The highest BCUT2D eigenvalue weighted by molar-refractivity contribution is 7.89. The summed E-state index contributed by atoms with van der Waals surface area (Å²) in [6, 6.07) is 6.30. The summed E-state index contributed by atoms with van der Waals surface area (Å²) in [5.74, 6) is 0.0399. The summed E-state index contributed by atoms with van der Waals surface area (Å²) in [6.07, 6.45) is 4.90. The molecule has 176 valence electrons. The van der Waals surface area contributed by atoms with Crippen molar-refractivity contribution in [3.8, 4) is 0 Å². The van der Waals surface area contributed by atoms with Gasteiger partial charge in [0.05, 0.1) is 18.8 Å². The number of nitrogens with zero attached hydrogens (tertiary/aromatic N) is 1. The van der Waals surface area contributed by atoms with Crippen molar-refractivity contribution in [2.75, 3.05) is 19.2 Å². The van der Waals surface area contributed by atoms with Gasteiger partial charge in [0, 0.05) is 18.3 Å². The summed E-state index contributed by atoms with van der Waals surface area (Å²) < 4.78 is 59.2. The molecule has 1 aromatic heterocycles. The quantitative estimate of drug-likeness (QED) is 0.608. The molecule has 3 rings (SSSR count). The van der Waals surface area contributed by atoms with E-state index in [9.17, 15) is 22.0 Å². The number of pyridine rings is 1. The van der Waals surface area contributed by atoms with E-state index in [1.165, 1.54) is 10.6 Å². The van der Waals surface area contributed by atoms with Crippen LogP contribution in [0.1, 0.15) is 54.3 Å². The molecule has 0 spiro atoms. The molecule has 1 atom stereocenters. The number of hydrogen-bond donors (Lipinski definition) is 1. The number of sulfonamides is 1. The summed E-state index contributed by atoms with van der Waals surface area (Å²) in [4.78, 5) is 12.7. The van der Waals surface area contributed by atoms with Crippen LogP contribution in [-0.4, -0.2) is 38.2 Å². The maximum Gasteiger partial charge on any atom is 0.253 e. The zero-order valence-electron chi connectivity index (χ0n) is 18.4. The first kappa shape index (κ1) is 24.5. The lowest BCUT2D eigenvalue weighted by Crippen LogP contribution is -2.39. The third-order valence-corrected chi connectivity index (χ3v) is 6.85. The summed E-state index contributed by atoms with van der Waals surface area (Å²) in [6.45, 7) is 3.52. The van der Waals surface area contributed by atoms with Crippen molar-refractivity contribution in [2.24, 2.45) is 0 Å². The molecular weight excluding hydrogens is 438 g/mol. The standard InChI is InChI=1S/C23H30F2N2O4S/c1-16-10-17(2)23(28)27(13-16)21(12-26-32(29,30)15-24)14-31-22-8-6-18(7-9-22)19-4-3-5-20(25)11-19/h3-5,10-11,13,18,21-22,26H,6-9,12,14-15H2,1-2H3/t18-,21-,22+/m1/s1. The fourth-order valence-corrected chi connectivity index (χ4v) is 4.79. The normalized spacial score (nSPS) is 20.2. The van der Waals surface area contributed by atoms with Gasteiger partial charge < -0.3 is 9.30 Å². The Hall–Kier alpha value is -2.10. The molecule has 0 radical (unpaired) electrons. The Balaban J connectivity index is 1.66.